The van der Waals surface area contributed by atoms with Gasteiger partial charge in [-0.25, -0.2) is 10.8 Å². The Morgan fingerprint density at radius 1 is 1.37 bits per heavy atom. The van der Waals surface area contributed by atoms with E-state index in [1.54, 1.807) is 24.3 Å². The van der Waals surface area contributed by atoms with Crippen LogP contribution in [0.25, 0.3) is 11.3 Å². The topological polar surface area (TPSA) is 118 Å². The molecule has 0 aliphatic rings. The first-order valence-electron chi connectivity index (χ1n) is 5.28. The number of non-ortho nitro benzene ring substituents is 1. The van der Waals surface area contributed by atoms with Gasteiger partial charge in [0, 0.05) is 17.7 Å². The molecule has 1 heterocycles. The Morgan fingerprint density at radius 3 is 2.79 bits per heavy atom. The standard InChI is InChI=1S/C12H9N5O2/c13-7-9-4-5-11(15-12(9)16-14)8-2-1-3-10(6-8)17(18)19/h1-6H,14H2,(H,15,16). The van der Waals surface area contributed by atoms with E-state index in [4.69, 9.17) is 11.1 Å². The lowest BCUT2D eigenvalue weighted by atomic mass is 10.1. The molecule has 0 aliphatic carbocycles. The monoisotopic (exact) mass is 255 g/mol. The lowest BCUT2D eigenvalue weighted by Crippen LogP contribution is -2.10. The number of nitrogens with zero attached hydrogens (tertiary/aromatic N) is 3. The van der Waals surface area contributed by atoms with Crippen molar-refractivity contribution in [3.8, 4) is 17.3 Å². The van der Waals surface area contributed by atoms with Crippen LogP contribution >= 0.6 is 0 Å². The molecule has 0 bridgehead atoms. The van der Waals surface area contributed by atoms with Crippen molar-refractivity contribution < 1.29 is 4.92 Å². The van der Waals surface area contributed by atoms with Gasteiger partial charge in [0.05, 0.1) is 16.2 Å². The number of pyridine rings is 1. The van der Waals surface area contributed by atoms with Gasteiger partial charge >= 0.3 is 0 Å². The first-order chi connectivity index (χ1) is 9.15. The third-order valence-electron chi connectivity index (χ3n) is 2.51. The lowest BCUT2D eigenvalue weighted by Gasteiger charge is -2.05. The van der Waals surface area contributed by atoms with Crippen molar-refractivity contribution in [1.29, 1.82) is 5.26 Å². The highest BCUT2D eigenvalue weighted by molar-refractivity contribution is 5.66. The fraction of sp³-hybridized carbons (Fsp3) is 0. The molecule has 1 aromatic carbocycles. The molecule has 3 N–H and O–H groups in total. The van der Waals surface area contributed by atoms with E-state index in [-0.39, 0.29) is 11.5 Å². The second-order valence-electron chi connectivity index (χ2n) is 3.66. The third-order valence-corrected chi connectivity index (χ3v) is 2.51. The molecule has 94 valence electrons. The number of rotatable bonds is 3. The molecule has 0 amide bonds. The summed E-state index contributed by atoms with van der Waals surface area (Å²) < 4.78 is 0. The van der Waals surface area contributed by atoms with Crippen molar-refractivity contribution in [2.24, 2.45) is 5.84 Å². The zero-order chi connectivity index (χ0) is 13.8. The molecule has 0 fully saturated rings. The summed E-state index contributed by atoms with van der Waals surface area (Å²) >= 11 is 0. The number of nitro groups is 1. The first kappa shape index (κ1) is 12.5. The molecule has 2 aromatic rings. The van der Waals surface area contributed by atoms with Crippen molar-refractivity contribution >= 4 is 11.5 Å². The molecule has 7 heteroatoms. The number of nitrogens with two attached hydrogens (primary N) is 1. The minimum absolute atomic E-state index is 0.0223. The molecule has 0 spiro atoms. The second-order valence-corrected chi connectivity index (χ2v) is 3.66. The molecule has 0 saturated carbocycles. The number of nitrogens with one attached hydrogen (secondary N) is 1. The summed E-state index contributed by atoms with van der Waals surface area (Å²) in [6, 6.07) is 11.2. The quantitative estimate of drug-likeness (QED) is 0.490. The van der Waals surface area contributed by atoms with Gasteiger partial charge < -0.3 is 5.43 Å². The summed E-state index contributed by atoms with van der Waals surface area (Å²) in [4.78, 5) is 14.4. The number of nitro benzene ring substituents is 1. The maximum Gasteiger partial charge on any atom is 0.270 e. The molecule has 2 rings (SSSR count). The van der Waals surface area contributed by atoms with Gasteiger partial charge in [-0.15, -0.1) is 0 Å². The maximum absolute atomic E-state index is 10.7. The average molecular weight is 255 g/mol. The summed E-state index contributed by atoms with van der Waals surface area (Å²) in [5, 5.41) is 19.6. The van der Waals surface area contributed by atoms with Crippen molar-refractivity contribution in [3.63, 3.8) is 0 Å². The van der Waals surface area contributed by atoms with Gasteiger partial charge in [0.25, 0.3) is 5.69 Å². The number of nitriles is 1. The van der Waals surface area contributed by atoms with E-state index < -0.39 is 4.92 Å². The van der Waals surface area contributed by atoms with Crippen LogP contribution in [0, 0.1) is 21.4 Å². The van der Waals surface area contributed by atoms with E-state index in [9.17, 15) is 10.1 Å². The van der Waals surface area contributed by atoms with E-state index in [0.717, 1.165) is 0 Å². The second kappa shape index (κ2) is 5.12. The smallest absolute Gasteiger partial charge is 0.270 e. The summed E-state index contributed by atoms with van der Waals surface area (Å²) in [6.07, 6.45) is 0. The zero-order valence-corrected chi connectivity index (χ0v) is 9.70. The molecular formula is C12H9N5O2. The summed E-state index contributed by atoms with van der Waals surface area (Å²) in [5.41, 5.74) is 3.68. The van der Waals surface area contributed by atoms with Gasteiger partial charge in [0.1, 0.15) is 6.07 Å². The van der Waals surface area contributed by atoms with Gasteiger partial charge in [-0.1, -0.05) is 12.1 Å². The Kier molecular flexibility index (Phi) is 3.36. The molecule has 0 unspecified atom stereocenters. The summed E-state index contributed by atoms with van der Waals surface area (Å²) in [5.74, 6) is 5.51. The molecule has 1 aromatic heterocycles. The van der Waals surface area contributed by atoms with Crippen LogP contribution in [-0.4, -0.2) is 9.91 Å². The van der Waals surface area contributed by atoms with Crippen LogP contribution in [0.1, 0.15) is 5.56 Å². The Bertz CT molecular complexity index is 678. The SMILES string of the molecule is N#Cc1ccc(-c2cccc([N+](=O)[O-])c2)nc1NN. The number of benzene rings is 1. The molecule has 0 radical (unpaired) electrons. The van der Waals surface area contributed by atoms with Crippen molar-refractivity contribution in [3.05, 3.63) is 52.1 Å². The van der Waals surface area contributed by atoms with Crippen LogP contribution in [0.4, 0.5) is 11.5 Å². The predicted octanol–water partition coefficient (Wildman–Crippen LogP) is 1.81. The fourth-order valence-electron chi connectivity index (χ4n) is 1.60. The Balaban J connectivity index is 2.50. The number of aromatic nitrogens is 1. The summed E-state index contributed by atoms with van der Waals surface area (Å²) in [6.45, 7) is 0. The number of hydrogen-bond acceptors (Lipinski definition) is 6. The molecule has 7 nitrogen and oxygen atoms in total. The van der Waals surface area contributed by atoms with Gasteiger partial charge in [0.2, 0.25) is 0 Å². The Hall–Kier alpha value is -2.98. The van der Waals surface area contributed by atoms with E-state index in [0.29, 0.717) is 16.8 Å². The van der Waals surface area contributed by atoms with Crippen molar-refractivity contribution in [1.82, 2.24) is 4.98 Å². The van der Waals surface area contributed by atoms with Crippen LogP contribution in [0.2, 0.25) is 0 Å². The van der Waals surface area contributed by atoms with E-state index in [2.05, 4.69) is 10.4 Å². The minimum atomic E-state index is -0.477. The largest absolute Gasteiger partial charge is 0.307 e. The maximum atomic E-state index is 10.7. The Labute approximate surface area is 108 Å². The van der Waals surface area contributed by atoms with Crippen molar-refractivity contribution in [2.45, 2.75) is 0 Å². The van der Waals surface area contributed by atoms with Crippen LogP contribution in [0.5, 0.6) is 0 Å². The third kappa shape index (κ3) is 2.48. The zero-order valence-electron chi connectivity index (χ0n) is 9.70. The number of hydrazine groups is 1. The highest BCUT2D eigenvalue weighted by Gasteiger charge is 2.10. The Morgan fingerprint density at radius 2 is 2.16 bits per heavy atom. The van der Waals surface area contributed by atoms with E-state index in [1.807, 2.05) is 6.07 Å². The lowest BCUT2D eigenvalue weighted by molar-refractivity contribution is -0.384. The number of nitrogen functional groups attached to an aromatic ring is 1. The predicted molar refractivity (Wildman–Crippen MR) is 68.9 cm³/mol. The van der Waals surface area contributed by atoms with Crippen LogP contribution in [-0.2, 0) is 0 Å². The molecular weight excluding hydrogens is 246 g/mol. The fourth-order valence-corrected chi connectivity index (χ4v) is 1.60. The van der Waals surface area contributed by atoms with Crippen LogP contribution < -0.4 is 11.3 Å². The molecule has 0 saturated heterocycles. The van der Waals surface area contributed by atoms with E-state index >= 15 is 0 Å². The van der Waals surface area contributed by atoms with Gasteiger partial charge in [-0.05, 0) is 12.1 Å². The van der Waals surface area contributed by atoms with Crippen LogP contribution in [0.3, 0.4) is 0 Å². The van der Waals surface area contributed by atoms with Crippen molar-refractivity contribution in [2.75, 3.05) is 5.43 Å². The highest BCUT2D eigenvalue weighted by atomic mass is 16.6. The molecule has 0 atom stereocenters. The van der Waals surface area contributed by atoms with Gasteiger partial charge in [-0.3, -0.25) is 10.1 Å². The first-order valence-corrected chi connectivity index (χ1v) is 5.28. The molecule has 19 heavy (non-hydrogen) atoms. The van der Waals surface area contributed by atoms with E-state index in [1.165, 1.54) is 12.1 Å². The summed E-state index contributed by atoms with van der Waals surface area (Å²) in [7, 11) is 0. The van der Waals surface area contributed by atoms with Gasteiger partial charge in [-0.2, -0.15) is 5.26 Å². The highest BCUT2D eigenvalue weighted by Crippen LogP contribution is 2.24. The normalized spacial score (nSPS) is 9.68. The molecule has 0 aliphatic heterocycles. The van der Waals surface area contributed by atoms with Crippen LogP contribution in [0.15, 0.2) is 36.4 Å². The number of hydrogen-bond donors (Lipinski definition) is 2. The van der Waals surface area contributed by atoms with Gasteiger partial charge in [0.15, 0.2) is 5.82 Å². The number of anilines is 1. The average Bonchev–Trinajstić information content (AvgIpc) is 2.46. The minimum Gasteiger partial charge on any atom is -0.307 e.